The van der Waals surface area contributed by atoms with Crippen molar-refractivity contribution in [1.29, 1.82) is 5.26 Å². The van der Waals surface area contributed by atoms with Crippen LogP contribution in [0.1, 0.15) is 28.9 Å². The van der Waals surface area contributed by atoms with Crippen LogP contribution < -0.4 is 0 Å². The van der Waals surface area contributed by atoms with E-state index < -0.39 is 24.4 Å². The second-order valence-corrected chi connectivity index (χ2v) is 3.70. The summed E-state index contributed by atoms with van der Waals surface area (Å²) in [6.07, 6.45) is -3.29. The Bertz CT molecular complexity index is 486. The molecule has 4 nitrogen and oxygen atoms in total. The maximum atomic E-state index is 12.7. The Morgan fingerprint density at radius 2 is 2.29 bits per heavy atom. The van der Waals surface area contributed by atoms with E-state index in [1.165, 1.54) is 0 Å². The summed E-state index contributed by atoms with van der Waals surface area (Å²) in [5, 5.41) is 17.5. The van der Waals surface area contributed by atoms with Crippen LogP contribution in [0.3, 0.4) is 0 Å². The third kappa shape index (κ3) is 3.20. The number of pyridine rings is 1. The summed E-state index contributed by atoms with van der Waals surface area (Å²) in [6, 6.07) is 2.62. The normalized spacial score (nSPS) is 10.3. The highest BCUT2D eigenvalue weighted by atomic mass is 79.9. The predicted molar refractivity (Wildman–Crippen MR) is 57.9 cm³/mol. The Balaban J connectivity index is 3.36. The molecule has 0 saturated carbocycles. The lowest BCUT2D eigenvalue weighted by Gasteiger charge is -2.08. The minimum atomic E-state index is -2.84. The Kier molecular flexibility index (Phi) is 4.52. The summed E-state index contributed by atoms with van der Waals surface area (Å²) in [5.41, 5.74) is -0.540. The van der Waals surface area contributed by atoms with Crippen LogP contribution in [0.5, 0.6) is 0 Å². The SMILES string of the molecule is N#Cc1c(C(F)F)cc(CC(=O)O)nc1CBr. The van der Waals surface area contributed by atoms with Gasteiger partial charge in [-0.1, -0.05) is 15.9 Å². The molecule has 0 fully saturated rings. The van der Waals surface area contributed by atoms with Crippen LogP contribution in [-0.2, 0) is 16.5 Å². The van der Waals surface area contributed by atoms with Gasteiger partial charge in [0.25, 0.3) is 6.43 Å². The average molecular weight is 305 g/mol. The van der Waals surface area contributed by atoms with Crippen molar-refractivity contribution >= 4 is 21.9 Å². The molecule has 0 aliphatic rings. The second-order valence-electron chi connectivity index (χ2n) is 3.14. The molecule has 0 aliphatic carbocycles. The van der Waals surface area contributed by atoms with Gasteiger partial charge in [0.2, 0.25) is 0 Å². The first kappa shape index (κ1) is 13.5. The molecule has 1 aromatic heterocycles. The first-order valence-electron chi connectivity index (χ1n) is 4.48. The number of rotatable bonds is 4. The third-order valence-electron chi connectivity index (χ3n) is 1.98. The molecule has 1 heterocycles. The maximum absolute atomic E-state index is 12.7. The van der Waals surface area contributed by atoms with Gasteiger partial charge in [-0.05, 0) is 6.07 Å². The quantitative estimate of drug-likeness (QED) is 0.867. The Morgan fingerprint density at radius 3 is 2.71 bits per heavy atom. The van der Waals surface area contributed by atoms with Crippen LogP contribution in [0, 0.1) is 11.3 Å². The zero-order valence-electron chi connectivity index (χ0n) is 8.45. The number of alkyl halides is 3. The fourth-order valence-electron chi connectivity index (χ4n) is 1.32. The molecule has 0 bridgehead atoms. The van der Waals surface area contributed by atoms with Gasteiger partial charge in [0, 0.05) is 10.9 Å². The highest BCUT2D eigenvalue weighted by Gasteiger charge is 2.19. The molecule has 7 heteroatoms. The van der Waals surface area contributed by atoms with Gasteiger partial charge in [0.15, 0.2) is 0 Å². The minimum Gasteiger partial charge on any atom is -0.481 e. The number of carboxylic acids is 1. The van der Waals surface area contributed by atoms with Gasteiger partial charge >= 0.3 is 5.97 Å². The fourth-order valence-corrected chi connectivity index (χ4v) is 1.73. The van der Waals surface area contributed by atoms with Gasteiger partial charge < -0.3 is 5.11 Å². The van der Waals surface area contributed by atoms with Crippen molar-refractivity contribution in [1.82, 2.24) is 4.98 Å². The Morgan fingerprint density at radius 1 is 1.65 bits per heavy atom. The van der Waals surface area contributed by atoms with Crippen LogP contribution in [0.2, 0.25) is 0 Å². The van der Waals surface area contributed by atoms with E-state index in [0.717, 1.165) is 6.07 Å². The largest absolute Gasteiger partial charge is 0.481 e. The number of nitriles is 1. The highest BCUT2D eigenvalue weighted by molar-refractivity contribution is 9.08. The van der Waals surface area contributed by atoms with Crippen LogP contribution in [0.4, 0.5) is 8.78 Å². The predicted octanol–water partition coefficient (Wildman–Crippen LogP) is 2.41. The highest BCUT2D eigenvalue weighted by Crippen LogP contribution is 2.26. The molecular formula is C10H7BrF2N2O2. The number of halogens is 3. The third-order valence-corrected chi connectivity index (χ3v) is 2.51. The first-order valence-corrected chi connectivity index (χ1v) is 5.60. The number of carboxylic acid groups (broad SMARTS) is 1. The summed E-state index contributed by atoms with van der Waals surface area (Å²) < 4.78 is 25.4. The molecule has 0 aromatic carbocycles. The number of carbonyl (C=O) groups is 1. The molecule has 1 N–H and O–H groups in total. The topological polar surface area (TPSA) is 74.0 Å². The first-order chi connectivity index (χ1) is 7.99. The minimum absolute atomic E-state index is 0.0150. The number of hydrogen-bond acceptors (Lipinski definition) is 3. The van der Waals surface area contributed by atoms with E-state index in [0.29, 0.717) is 0 Å². The lowest BCUT2D eigenvalue weighted by molar-refractivity contribution is -0.136. The average Bonchev–Trinajstić information content (AvgIpc) is 2.26. The summed E-state index contributed by atoms with van der Waals surface area (Å²) in [5.74, 6) is -1.16. The molecule has 0 saturated heterocycles. The van der Waals surface area contributed by atoms with Crippen molar-refractivity contribution < 1.29 is 18.7 Å². The van der Waals surface area contributed by atoms with Crippen molar-refractivity contribution in [2.24, 2.45) is 0 Å². The van der Waals surface area contributed by atoms with Crippen LogP contribution in [0.25, 0.3) is 0 Å². The summed E-state index contributed by atoms with van der Waals surface area (Å²) in [7, 11) is 0. The van der Waals surface area contributed by atoms with E-state index >= 15 is 0 Å². The molecule has 0 amide bonds. The van der Waals surface area contributed by atoms with Crippen LogP contribution in [-0.4, -0.2) is 16.1 Å². The van der Waals surface area contributed by atoms with Gasteiger partial charge in [0.1, 0.15) is 6.07 Å². The Labute approximate surface area is 104 Å². The number of aliphatic carboxylic acids is 1. The van der Waals surface area contributed by atoms with Gasteiger partial charge in [0.05, 0.1) is 23.4 Å². The maximum Gasteiger partial charge on any atom is 0.309 e. The van der Waals surface area contributed by atoms with E-state index in [9.17, 15) is 13.6 Å². The molecular weight excluding hydrogens is 298 g/mol. The zero-order valence-corrected chi connectivity index (χ0v) is 10.0. The molecule has 0 aliphatic heterocycles. The number of hydrogen-bond donors (Lipinski definition) is 1. The molecule has 17 heavy (non-hydrogen) atoms. The summed E-state index contributed by atoms with van der Waals surface area (Å²) in [4.78, 5) is 14.4. The van der Waals surface area contributed by atoms with E-state index in [-0.39, 0.29) is 22.3 Å². The molecule has 1 rings (SSSR count). The molecule has 0 unspecified atom stereocenters. The van der Waals surface area contributed by atoms with E-state index in [1.807, 2.05) is 0 Å². The summed E-state index contributed by atoms with van der Waals surface area (Å²) >= 11 is 3.03. The van der Waals surface area contributed by atoms with E-state index in [2.05, 4.69) is 20.9 Å². The van der Waals surface area contributed by atoms with Crippen molar-refractivity contribution in [3.05, 3.63) is 28.6 Å². The van der Waals surface area contributed by atoms with E-state index in [1.54, 1.807) is 6.07 Å². The zero-order chi connectivity index (χ0) is 13.0. The molecule has 0 radical (unpaired) electrons. The monoisotopic (exact) mass is 304 g/mol. The second kappa shape index (κ2) is 5.68. The van der Waals surface area contributed by atoms with Gasteiger partial charge in [-0.15, -0.1) is 0 Å². The molecule has 0 spiro atoms. The van der Waals surface area contributed by atoms with Gasteiger partial charge in [-0.25, -0.2) is 8.78 Å². The molecule has 0 atom stereocenters. The fraction of sp³-hybridized carbons (Fsp3) is 0.300. The smallest absolute Gasteiger partial charge is 0.309 e. The lowest BCUT2D eigenvalue weighted by atomic mass is 10.1. The van der Waals surface area contributed by atoms with Crippen LogP contribution >= 0.6 is 15.9 Å². The Hall–Kier alpha value is -1.55. The summed E-state index contributed by atoms with van der Waals surface area (Å²) in [6.45, 7) is 0. The van der Waals surface area contributed by atoms with Gasteiger partial charge in [-0.3, -0.25) is 9.78 Å². The van der Waals surface area contributed by atoms with Crippen molar-refractivity contribution in [2.75, 3.05) is 0 Å². The molecule has 1 aromatic rings. The van der Waals surface area contributed by atoms with Crippen molar-refractivity contribution in [2.45, 2.75) is 18.2 Å². The van der Waals surface area contributed by atoms with E-state index in [4.69, 9.17) is 10.4 Å². The number of aromatic nitrogens is 1. The van der Waals surface area contributed by atoms with Crippen LogP contribution in [0.15, 0.2) is 6.07 Å². The lowest BCUT2D eigenvalue weighted by Crippen LogP contribution is -2.08. The standard InChI is InChI=1S/C10H7BrF2N2O2/c11-3-8-7(4-14)6(10(12)13)1-5(15-8)2-9(16)17/h1,10H,2-3H2,(H,16,17). The number of nitrogens with zero attached hydrogens (tertiary/aromatic N) is 2. The molecule has 90 valence electrons. The van der Waals surface area contributed by atoms with Crippen molar-refractivity contribution in [3.63, 3.8) is 0 Å². The van der Waals surface area contributed by atoms with Gasteiger partial charge in [-0.2, -0.15) is 5.26 Å². The van der Waals surface area contributed by atoms with Crippen molar-refractivity contribution in [3.8, 4) is 6.07 Å².